The molecule has 0 radical (unpaired) electrons. The molecule has 0 spiro atoms. The molecular weight excluding hydrogens is 595 g/mol. The Bertz CT molecular complexity index is 1480. The molecule has 0 N–H and O–H groups in total. The van der Waals surface area contributed by atoms with E-state index in [-0.39, 0.29) is 37.8 Å². The summed E-state index contributed by atoms with van der Waals surface area (Å²) in [6, 6.07) is 26.1. The fourth-order valence-electron chi connectivity index (χ4n) is 2.83. The SMILES string of the molecule is O=C(Oc1ccc(S(=O)(=O)[O-])cc1)c1ccccc1.O=C(Oc1ccc(S(=O)(=O)[O-])cc1)c1ccccc1.[Ni+2]. The van der Waals surface area contributed by atoms with Crippen LogP contribution in [-0.4, -0.2) is 37.9 Å². The van der Waals surface area contributed by atoms with Gasteiger partial charge in [-0.25, -0.2) is 26.4 Å². The van der Waals surface area contributed by atoms with Gasteiger partial charge in [-0.05, 0) is 72.8 Å². The smallest absolute Gasteiger partial charge is 0.744 e. The van der Waals surface area contributed by atoms with Crippen molar-refractivity contribution in [2.75, 3.05) is 0 Å². The van der Waals surface area contributed by atoms with Gasteiger partial charge in [0.05, 0.1) is 20.9 Å². The third-order valence-electron chi connectivity index (χ3n) is 4.66. The molecule has 0 aliphatic rings. The van der Waals surface area contributed by atoms with Crippen molar-refractivity contribution in [2.24, 2.45) is 0 Å². The second kappa shape index (κ2) is 13.8. The second-order valence-corrected chi connectivity index (χ2v) is 10.1. The van der Waals surface area contributed by atoms with Gasteiger partial charge < -0.3 is 18.6 Å². The molecule has 0 atom stereocenters. The number of hydrogen-bond donors (Lipinski definition) is 0. The zero-order valence-corrected chi connectivity index (χ0v) is 22.2. The van der Waals surface area contributed by atoms with Crippen LogP contribution in [0.5, 0.6) is 11.5 Å². The van der Waals surface area contributed by atoms with Gasteiger partial charge in [-0.1, -0.05) is 36.4 Å². The van der Waals surface area contributed by atoms with E-state index in [0.29, 0.717) is 11.1 Å². The summed E-state index contributed by atoms with van der Waals surface area (Å²) >= 11 is 0. The average molecular weight is 613 g/mol. The summed E-state index contributed by atoms with van der Waals surface area (Å²) in [5, 5.41) is 0. The summed E-state index contributed by atoms with van der Waals surface area (Å²) in [6.45, 7) is 0. The van der Waals surface area contributed by atoms with E-state index < -0.39 is 32.2 Å². The van der Waals surface area contributed by atoms with Crippen LogP contribution in [0.1, 0.15) is 20.7 Å². The van der Waals surface area contributed by atoms with E-state index in [0.717, 1.165) is 24.3 Å². The predicted octanol–water partition coefficient (Wildman–Crippen LogP) is 3.62. The van der Waals surface area contributed by atoms with Gasteiger partial charge in [-0.2, -0.15) is 0 Å². The van der Waals surface area contributed by atoms with Crippen LogP contribution in [0.15, 0.2) is 119 Å². The molecule has 0 saturated heterocycles. The maximum absolute atomic E-state index is 11.7. The Morgan fingerprint density at radius 1 is 0.487 bits per heavy atom. The fourth-order valence-corrected chi connectivity index (χ4v) is 3.77. The van der Waals surface area contributed by atoms with Crippen molar-refractivity contribution in [3.05, 3.63) is 120 Å². The molecule has 10 nitrogen and oxygen atoms in total. The van der Waals surface area contributed by atoms with E-state index in [1.807, 2.05) is 0 Å². The predicted molar refractivity (Wildman–Crippen MR) is 132 cm³/mol. The van der Waals surface area contributed by atoms with Gasteiger partial charge in [0, 0.05) is 0 Å². The monoisotopic (exact) mass is 612 g/mol. The van der Waals surface area contributed by atoms with E-state index in [1.165, 1.54) is 24.3 Å². The molecule has 0 heterocycles. The van der Waals surface area contributed by atoms with E-state index >= 15 is 0 Å². The van der Waals surface area contributed by atoms with Gasteiger partial charge in [0.25, 0.3) is 0 Å². The Morgan fingerprint density at radius 2 is 0.769 bits per heavy atom. The molecular formula is C26H18NiO10S2. The van der Waals surface area contributed by atoms with Gasteiger partial charge in [0.15, 0.2) is 0 Å². The van der Waals surface area contributed by atoms with Crippen LogP contribution in [0.4, 0.5) is 0 Å². The van der Waals surface area contributed by atoms with Crippen molar-refractivity contribution in [2.45, 2.75) is 9.79 Å². The Labute approximate surface area is 234 Å². The fraction of sp³-hybridized carbons (Fsp3) is 0. The molecule has 39 heavy (non-hydrogen) atoms. The maximum atomic E-state index is 11.7. The molecule has 0 fully saturated rings. The zero-order chi connectivity index (χ0) is 27.8. The minimum Gasteiger partial charge on any atom is -0.744 e. The normalized spacial score (nSPS) is 10.7. The Hall–Kier alpha value is -3.87. The average Bonchev–Trinajstić information content (AvgIpc) is 2.90. The van der Waals surface area contributed by atoms with Gasteiger partial charge in [0.1, 0.15) is 31.7 Å². The number of carbonyl (C=O) groups is 2. The number of benzene rings is 4. The van der Waals surface area contributed by atoms with Crippen LogP contribution < -0.4 is 9.47 Å². The largest absolute Gasteiger partial charge is 2.00 e. The summed E-state index contributed by atoms with van der Waals surface area (Å²) in [7, 11) is -8.98. The first-order chi connectivity index (χ1) is 17.9. The number of ether oxygens (including phenoxy) is 2. The molecule has 13 heteroatoms. The summed E-state index contributed by atoms with van der Waals surface area (Å²) < 4.78 is 74.4. The maximum Gasteiger partial charge on any atom is 2.00 e. The Balaban J connectivity index is 0.000000267. The molecule has 4 rings (SSSR count). The second-order valence-electron chi connectivity index (χ2n) is 7.36. The molecule has 0 aliphatic carbocycles. The van der Waals surface area contributed by atoms with Crippen LogP contribution in [-0.2, 0) is 36.7 Å². The van der Waals surface area contributed by atoms with Crippen molar-refractivity contribution < 1.29 is 61.5 Å². The number of rotatable bonds is 6. The van der Waals surface area contributed by atoms with Crippen LogP contribution in [0.25, 0.3) is 0 Å². The molecule has 0 bridgehead atoms. The third-order valence-corrected chi connectivity index (χ3v) is 6.36. The first-order valence-electron chi connectivity index (χ1n) is 10.6. The van der Waals surface area contributed by atoms with E-state index in [9.17, 15) is 35.5 Å². The topological polar surface area (TPSA) is 167 Å². The Kier molecular flexibility index (Phi) is 11.1. The summed E-state index contributed by atoms with van der Waals surface area (Å²) in [5.74, 6) is -0.779. The quantitative estimate of drug-likeness (QED) is 0.136. The van der Waals surface area contributed by atoms with Crippen LogP contribution in [0.2, 0.25) is 0 Å². The molecule has 4 aromatic carbocycles. The minimum atomic E-state index is -4.49. The molecule has 0 aromatic heterocycles. The summed E-state index contributed by atoms with van der Waals surface area (Å²) in [4.78, 5) is 22.7. The van der Waals surface area contributed by atoms with Crippen LogP contribution in [0.3, 0.4) is 0 Å². The van der Waals surface area contributed by atoms with Crippen molar-refractivity contribution >= 4 is 32.2 Å². The number of esters is 2. The first-order valence-corrected chi connectivity index (χ1v) is 13.4. The molecule has 204 valence electrons. The van der Waals surface area contributed by atoms with Crippen molar-refractivity contribution in [1.29, 1.82) is 0 Å². The summed E-state index contributed by atoms with van der Waals surface area (Å²) in [5.41, 5.74) is 0.756. The standard InChI is InChI=1S/2C13H10O5S.Ni/c2*14-13(10-4-2-1-3-5-10)18-11-6-8-12(9-7-11)19(15,16)17;/h2*1-9H,(H,15,16,17);/q;;+2/p-2. The summed E-state index contributed by atoms with van der Waals surface area (Å²) in [6.07, 6.45) is 0. The number of carbonyl (C=O) groups excluding carboxylic acids is 2. The molecule has 0 saturated carbocycles. The van der Waals surface area contributed by atoms with Crippen LogP contribution in [0, 0.1) is 0 Å². The molecule has 4 aromatic rings. The van der Waals surface area contributed by atoms with Gasteiger partial charge >= 0.3 is 28.4 Å². The van der Waals surface area contributed by atoms with Crippen LogP contribution >= 0.6 is 0 Å². The van der Waals surface area contributed by atoms with Crippen molar-refractivity contribution in [3.8, 4) is 11.5 Å². The number of hydrogen-bond acceptors (Lipinski definition) is 10. The zero-order valence-electron chi connectivity index (χ0n) is 19.6. The Morgan fingerprint density at radius 3 is 1.03 bits per heavy atom. The first kappa shape index (κ1) is 31.4. The van der Waals surface area contributed by atoms with Crippen molar-refractivity contribution in [1.82, 2.24) is 0 Å². The van der Waals surface area contributed by atoms with E-state index in [4.69, 9.17) is 9.47 Å². The third kappa shape index (κ3) is 9.75. The molecule has 0 aliphatic heterocycles. The van der Waals surface area contributed by atoms with Crippen molar-refractivity contribution in [3.63, 3.8) is 0 Å². The minimum absolute atomic E-state index is 0. The van der Waals surface area contributed by atoms with E-state index in [1.54, 1.807) is 60.7 Å². The van der Waals surface area contributed by atoms with Gasteiger partial charge in [-0.15, -0.1) is 0 Å². The molecule has 0 unspecified atom stereocenters. The molecule has 0 amide bonds. The van der Waals surface area contributed by atoms with E-state index in [2.05, 4.69) is 0 Å². The van der Waals surface area contributed by atoms with Gasteiger partial charge in [-0.3, -0.25) is 0 Å². The van der Waals surface area contributed by atoms with Gasteiger partial charge in [0.2, 0.25) is 0 Å².